The van der Waals surface area contributed by atoms with Gasteiger partial charge in [-0.25, -0.2) is 0 Å². The number of carbonyl (C=O) groups is 1. The second-order valence-electron chi connectivity index (χ2n) is 7.49. The number of benzene rings is 1. The van der Waals surface area contributed by atoms with Crippen LogP contribution in [0.1, 0.15) is 45.6 Å². The van der Waals surface area contributed by atoms with Crippen molar-refractivity contribution >= 4 is 5.91 Å². The normalized spacial score (nSPS) is 19.1. The van der Waals surface area contributed by atoms with E-state index >= 15 is 0 Å². The van der Waals surface area contributed by atoms with Gasteiger partial charge in [0, 0.05) is 19.8 Å². The molecule has 128 valence electrons. The van der Waals surface area contributed by atoms with Gasteiger partial charge in [-0.05, 0) is 30.2 Å². The van der Waals surface area contributed by atoms with E-state index < -0.39 is 11.5 Å². The first-order chi connectivity index (χ1) is 10.9. The molecule has 1 fully saturated rings. The third-order valence-corrected chi connectivity index (χ3v) is 4.81. The minimum atomic E-state index is -0.508. The molecule has 1 aromatic carbocycles. The Balaban J connectivity index is 2.04. The fourth-order valence-corrected chi connectivity index (χ4v) is 3.05. The lowest BCUT2D eigenvalue weighted by Crippen LogP contribution is -2.48. The Bertz CT molecular complexity index is 501. The summed E-state index contributed by atoms with van der Waals surface area (Å²) in [5.74, 6) is 0.0492. The average Bonchev–Trinajstić information content (AvgIpc) is 2.55. The van der Waals surface area contributed by atoms with Crippen LogP contribution in [0.5, 0.6) is 0 Å². The molecule has 0 bridgehead atoms. The number of aliphatic hydroxyl groups excluding tert-OH is 1. The van der Waals surface area contributed by atoms with Gasteiger partial charge in [-0.3, -0.25) is 4.79 Å². The van der Waals surface area contributed by atoms with Gasteiger partial charge in [0.1, 0.15) is 0 Å². The zero-order valence-corrected chi connectivity index (χ0v) is 14.5. The van der Waals surface area contributed by atoms with Gasteiger partial charge in [0.15, 0.2) is 0 Å². The predicted molar refractivity (Wildman–Crippen MR) is 91.3 cm³/mol. The topological polar surface area (TPSA) is 58.6 Å². The summed E-state index contributed by atoms with van der Waals surface area (Å²) < 4.78 is 5.46. The van der Waals surface area contributed by atoms with Crippen LogP contribution in [0.4, 0.5) is 0 Å². The first-order valence-corrected chi connectivity index (χ1v) is 8.46. The van der Waals surface area contributed by atoms with Crippen LogP contribution < -0.4 is 5.32 Å². The third kappa shape index (κ3) is 4.33. The molecule has 0 aliphatic carbocycles. The molecule has 0 aromatic heterocycles. The molecular formula is C19H29NO3. The number of amides is 1. The van der Waals surface area contributed by atoms with Crippen LogP contribution in [-0.4, -0.2) is 36.9 Å². The summed E-state index contributed by atoms with van der Waals surface area (Å²) in [6, 6.07) is 9.96. The van der Waals surface area contributed by atoms with Crippen LogP contribution in [-0.2, 0) is 14.9 Å². The number of rotatable bonds is 5. The number of aliphatic hydroxyl groups is 1. The van der Waals surface area contributed by atoms with Gasteiger partial charge >= 0.3 is 0 Å². The van der Waals surface area contributed by atoms with E-state index in [1.54, 1.807) is 0 Å². The molecular weight excluding hydrogens is 290 g/mol. The summed E-state index contributed by atoms with van der Waals surface area (Å²) in [6.07, 6.45) is 1.54. The molecule has 1 aliphatic rings. The summed E-state index contributed by atoms with van der Waals surface area (Å²) in [4.78, 5) is 12.9. The maximum Gasteiger partial charge on any atom is 0.230 e. The highest BCUT2D eigenvalue weighted by molar-refractivity contribution is 5.88. The van der Waals surface area contributed by atoms with Crippen molar-refractivity contribution in [1.29, 1.82) is 0 Å². The number of ether oxygens (including phenoxy) is 1. The van der Waals surface area contributed by atoms with Crippen LogP contribution in [0.2, 0.25) is 0 Å². The highest BCUT2D eigenvalue weighted by atomic mass is 16.5. The number of nitrogens with one attached hydrogen (secondary N) is 1. The largest absolute Gasteiger partial charge is 0.393 e. The second-order valence-corrected chi connectivity index (χ2v) is 7.49. The summed E-state index contributed by atoms with van der Waals surface area (Å²) in [5.41, 5.74) is 0.379. The Morgan fingerprint density at radius 2 is 1.87 bits per heavy atom. The molecule has 0 radical (unpaired) electrons. The minimum absolute atomic E-state index is 0.0492. The highest BCUT2D eigenvalue weighted by Gasteiger charge is 2.41. The van der Waals surface area contributed by atoms with E-state index in [1.807, 2.05) is 51.1 Å². The van der Waals surface area contributed by atoms with Crippen molar-refractivity contribution in [3.8, 4) is 0 Å². The highest BCUT2D eigenvalue weighted by Crippen LogP contribution is 2.35. The molecule has 23 heavy (non-hydrogen) atoms. The predicted octanol–water partition coefficient (Wildman–Crippen LogP) is 2.65. The molecule has 4 heteroatoms. The molecule has 1 amide bonds. The van der Waals surface area contributed by atoms with Crippen molar-refractivity contribution in [2.24, 2.45) is 5.41 Å². The van der Waals surface area contributed by atoms with Gasteiger partial charge in [-0.15, -0.1) is 0 Å². The summed E-state index contributed by atoms with van der Waals surface area (Å²) >= 11 is 0. The molecule has 1 aromatic rings. The third-order valence-electron chi connectivity index (χ3n) is 4.81. The molecule has 2 N–H and O–H groups in total. The molecule has 1 saturated heterocycles. The maximum absolute atomic E-state index is 12.9. The van der Waals surface area contributed by atoms with E-state index in [1.165, 1.54) is 0 Å². The first kappa shape index (κ1) is 18.0. The smallest absolute Gasteiger partial charge is 0.230 e. The molecule has 1 heterocycles. The molecule has 1 aliphatic heterocycles. The Kier molecular flexibility index (Phi) is 5.82. The lowest BCUT2D eigenvalue weighted by molar-refractivity contribution is -0.130. The van der Waals surface area contributed by atoms with Crippen molar-refractivity contribution in [2.75, 3.05) is 19.8 Å². The number of hydrogen-bond acceptors (Lipinski definition) is 3. The van der Waals surface area contributed by atoms with Gasteiger partial charge in [0.05, 0.1) is 11.5 Å². The van der Waals surface area contributed by atoms with Gasteiger partial charge in [-0.1, -0.05) is 51.1 Å². The van der Waals surface area contributed by atoms with Gasteiger partial charge in [-0.2, -0.15) is 0 Å². The monoisotopic (exact) mass is 319 g/mol. The molecule has 0 saturated carbocycles. The van der Waals surface area contributed by atoms with Crippen molar-refractivity contribution in [3.05, 3.63) is 35.9 Å². The lowest BCUT2D eigenvalue weighted by atomic mass is 9.73. The Morgan fingerprint density at radius 1 is 1.26 bits per heavy atom. The molecule has 2 rings (SSSR count). The van der Waals surface area contributed by atoms with E-state index in [2.05, 4.69) is 5.32 Å². The van der Waals surface area contributed by atoms with Crippen molar-refractivity contribution < 1.29 is 14.6 Å². The van der Waals surface area contributed by atoms with Gasteiger partial charge < -0.3 is 15.2 Å². The van der Waals surface area contributed by atoms with E-state index in [9.17, 15) is 9.90 Å². The standard InChI is InChI=1S/C19H29NO3/c1-18(2,3)16(21)9-12-20-17(22)19(10-13-23-14-11-19)15-7-5-4-6-8-15/h4-8,16,21H,9-14H2,1-3H3,(H,20,22). The van der Waals surface area contributed by atoms with Crippen LogP contribution in [0.25, 0.3) is 0 Å². The minimum Gasteiger partial charge on any atom is -0.393 e. The summed E-state index contributed by atoms with van der Waals surface area (Å²) in [6.45, 7) is 7.71. The van der Waals surface area contributed by atoms with Gasteiger partial charge in [0.25, 0.3) is 0 Å². The zero-order valence-electron chi connectivity index (χ0n) is 14.5. The van der Waals surface area contributed by atoms with E-state index in [4.69, 9.17) is 4.74 Å². The SMILES string of the molecule is CC(C)(C)C(O)CCNC(=O)C1(c2ccccc2)CCOCC1. The average molecular weight is 319 g/mol. The van der Waals surface area contributed by atoms with Gasteiger partial charge in [0.2, 0.25) is 5.91 Å². The van der Waals surface area contributed by atoms with Crippen LogP contribution in [0.15, 0.2) is 30.3 Å². The van der Waals surface area contributed by atoms with Crippen molar-refractivity contribution in [3.63, 3.8) is 0 Å². The Morgan fingerprint density at radius 3 is 2.43 bits per heavy atom. The Hall–Kier alpha value is -1.39. The van der Waals surface area contributed by atoms with Crippen LogP contribution in [0, 0.1) is 5.41 Å². The summed E-state index contributed by atoms with van der Waals surface area (Å²) in [7, 11) is 0. The molecule has 1 unspecified atom stereocenters. The number of carbonyl (C=O) groups excluding carboxylic acids is 1. The van der Waals surface area contributed by atoms with Crippen LogP contribution in [0.3, 0.4) is 0 Å². The van der Waals surface area contributed by atoms with E-state index in [0.717, 1.165) is 5.56 Å². The van der Waals surface area contributed by atoms with E-state index in [0.29, 0.717) is 39.0 Å². The molecule has 4 nitrogen and oxygen atoms in total. The zero-order chi connectivity index (χ0) is 16.9. The fraction of sp³-hybridized carbons (Fsp3) is 0.632. The summed E-state index contributed by atoms with van der Waals surface area (Å²) in [5, 5.41) is 13.2. The number of hydrogen-bond donors (Lipinski definition) is 2. The molecule has 1 atom stereocenters. The fourth-order valence-electron chi connectivity index (χ4n) is 3.05. The van der Waals surface area contributed by atoms with Crippen molar-refractivity contribution in [1.82, 2.24) is 5.32 Å². The van der Waals surface area contributed by atoms with Crippen LogP contribution >= 0.6 is 0 Å². The van der Waals surface area contributed by atoms with Crippen molar-refractivity contribution in [2.45, 2.75) is 51.6 Å². The maximum atomic E-state index is 12.9. The second kappa shape index (κ2) is 7.45. The first-order valence-electron chi connectivity index (χ1n) is 8.46. The quantitative estimate of drug-likeness (QED) is 0.877. The van der Waals surface area contributed by atoms with E-state index in [-0.39, 0.29) is 11.3 Å². The Labute approximate surface area is 139 Å². The lowest BCUT2D eigenvalue weighted by Gasteiger charge is -2.36. The molecule has 0 spiro atoms.